The highest BCUT2D eigenvalue weighted by atomic mass is 32.3. The summed E-state index contributed by atoms with van der Waals surface area (Å²) in [6, 6.07) is 1.82. The summed E-state index contributed by atoms with van der Waals surface area (Å²) in [7, 11) is 0. The summed E-state index contributed by atoms with van der Waals surface area (Å²) < 4.78 is 11.7. The summed E-state index contributed by atoms with van der Waals surface area (Å²) in [5.41, 5.74) is 4.39. The fraction of sp³-hybridized carbons (Fsp3) is 0.417. The average Bonchev–Trinajstić information content (AvgIpc) is 2.97. The SMILES string of the molecule is CCCC[S+]([O-])CSc1nccc(-c2cs[c]n2)n1. The molecule has 7 heteroatoms. The molecule has 2 aromatic rings. The second kappa shape index (κ2) is 7.84. The molecule has 0 aliphatic carbocycles. The van der Waals surface area contributed by atoms with Crippen LogP contribution in [-0.2, 0) is 11.2 Å². The van der Waals surface area contributed by atoms with Gasteiger partial charge in [-0.1, -0.05) is 13.3 Å². The third-order valence-electron chi connectivity index (χ3n) is 2.33. The predicted molar refractivity (Wildman–Crippen MR) is 80.6 cm³/mol. The lowest BCUT2D eigenvalue weighted by Crippen LogP contribution is -2.09. The zero-order valence-corrected chi connectivity index (χ0v) is 13.0. The van der Waals surface area contributed by atoms with E-state index in [9.17, 15) is 4.55 Å². The maximum Gasteiger partial charge on any atom is 0.192 e. The molecule has 0 saturated carbocycles. The van der Waals surface area contributed by atoms with Crippen molar-refractivity contribution in [3.05, 3.63) is 23.2 Å². The first kappa shape index (κ1) is 14.8. The second-order valence-corrected chi connectivity index (χ2v) is 7.35. The zero-order valence-electron chi connectivity index (χ0n) is 10.5. The average molecular weight is 312 g/mol. The van der Waals surface area contributed by atoms with Gasteiger partial charge in [-0.15, -0.1) is 11.3 Å². The maximum absolute atomic E-state index is 11.7. The van der Waals surface area contributed by atoms with E-state index in [1.54, 1.807) is 6.20 Å². The van der Waals surface area contributed by atoms with E-state index in [0.29, 0.717) is 10.2 Å². The van der Waals surface area contributed by atoms with E-state index in [1.807, 2.05) is 11.4 Å². The molecule has 1 radical (unpaired) electrons. The van der Waals surface area contributed by atoms with Gasteiger partial charge in [0.15, 0.2) is 15.8 Å². The third kappa shape index (κ3) is 4.76. The van der Waals surface area contributed by atoms with Crippen molar-refractivity contribution in [2.45, 2.75) is 24.9 Å². The van der Waals surface area contributed by atoms with Crippen LogP contribution in [0.1, 0.15) is 19.8 Å². The largest absolute Gasteiger partial charge is 0.616 e. The predicted octanol–water partition coefficient (Wildman–Crippen LogP) is 3.00. The monoisotopic (exact) mass is 312 g/mol. The highest BCUT2D eigenvalue weighted by Crippen LogP contribution is 2.21. The van der Waals surface area contributed by atoms with E-state index in [-0.39, 0.29) is 0 Å². The highest BCUT2D eigenvalue weighted by Gasteiger charge is 2.09. The van der Waals surface area contributed by atoms with Gasteiger partial charge >= 0.3 is 0 Å². The van der Waals surface area contributed by atoms with Crippen LogP contribution in [0.25, 0.3) is 11.4 Å². The van der Waals surface area contributed by atoms with E-state index >= 15 is 0 Å². The van der Waals surface area contributed by atoms with Gasteiger partial charge in [-0.25, -0.2) is 15.0 Å². The second-order valence-electron chi connectivity index (χ2n) is 3.81. The molecule has 0 saturated heterocycles. The van der Waals surface area contributed by atoms with Gasteiger partial charge in [0.2, 0.25) is 0 Å². The van der Waals surface area contributed by atoms with E-state index in [2.05, 4.69) is 27.4 Å². The van der Waals surface area contributed by atoms with Crippen LogP contribution in [0.3, 0.4) is 0 Å². The first-order chi connectivity index (χ1) is 9.29. The van der Waals surface area contributed by atoms with E-state index in [0.717, 1.165) is 30.0 Å². The van der Waals surface area contributed by atoms with E-state index < -0.39 is 11.2 Å². The summed E-state index contributed by atoms with van der Waals surface area (Å²) in [6.45, 7) is 2.10. The molecule has 4 nitrogen and oxygen atoms in total. The van der Waals surface area contributed by atoms with Crippen molar-refractivity contribution in [2.75, 3.05) is 10.8 Å². The molecular formula is C12H14N3OS3. The van der Waals surface area contributed by atoms with Crippen molar-refractivity contribution in [2.24, 2.45) is 0 Å². The number of thioether (sulfide) groups is 1. The maximum atomic E-state index is 11.7. The Hall–Kier alpha value is -0.630. The molecule has 2 rings (SSSR count). The lowest BCUT2D eigenvalue weighted by Gasteiger charge is -2.09. The Labute approximate surface area is 124 Å². The Kier molecular flexibility index (Phi) is 6.09. The molecule has 0 N–H and O–H groups in total. The number of hydrogen-bond donors (Lipinski definition) is 0. The number of thiazole rings is 1. The summed E-state index contributed by atoms with van der Waals surface area (Å²) in [5.74, 6) is 0.754. The number of unbranched alkanes of at least 4 members (excludes halogenated alkanes) is 1. The highest BCUT2D eigenvalue weighted by molar-refractivity contribution is 8.12. The van der Waals surface area contributed by atoms with Crippen LogP contribution < -0.4 is 0 Å². The molecule has 19 heavy (non-hydrogen) atoms. The lowest BCUT2D eigenvalue weighted by atomic mass is 10.3. The zero-order chi connectivity index (χ0) is 13.5. The van der Waals surface area contributed by atoms with Crippen molar-refractivity contribution in [3.63, 3.8) is 0 Å². The van der Waals surface area contributed by atoms with Crippen molar-refractivity contribution >= 4 is 34.3 Å². The Morgan fingerprint density at radius 3 is 3.11 bits per heavy atom. The van der Waals surface area contributed by atoms with E-state index in [1.165, 1.54) is 23.1 Å². The van der Waals surface area contributed by atoms with Crippen molar-refractivity contribution in [1.29, 1.82) is 0 Å². The number of nitrogens with zero attached hydrogens (tertiary/aromatic N) is 3. The Bertz CT molecular complexity index is 493. The van der Waals surface area contributed by atoms with Gasteiger partial charge in [0.1, 0.15) is 11.4 Å². The molecule has 0 aliphatic heterocycles. The van der Waals surface area contributed by atoms with Gasteiger partial charge in [-0.3, -0.25) is 0 Å². The van der Waals surface area contributed by atoms with Crippen LogP contribution >= 0.6 is 23.1 Å². The first-order valence-electron chi connectivity index (χ1n) is 5.92. The van der Waals surface area contributed by atoms with Crippen molar-refractivity contribution in [3.8, 4) is 11.4 Å². The molecule has 1 unspecified atom stereocenters. The molecule has 0 amide bonds. The van der Waals surface area contributed by atoms with Gasteiger partial charge < -0.3 is 4.55 Å². The molecule has 1 atom stereocenters. The smallest absolute Gasteiger partial charge is 0.192 e. The van der Waals surface area contributed by atoms with Crippen LogP contribution in [0.15, 0.2) is 22.8 Å². The molecule has 0 aromatic carbocycles. The van der Waals surface area contributed by atoms with Gasteiger partial charge in [-0.2, -0.15) is 0 Å². The fourth-order valence-corrected chi connectivity index (χ4v) is 4.15. The molecule has 2 heterocycles. The lowest BCUT2D eigenvalue weighted by molar-refractivity contribution is 0.596. The van der Waals surface area contributed by atoms with Gasteiger partial charge in [0.05, 0.1) is 5.69 Å². The van der Waals surface area contributed by atoms with Gasteiger partial charge in [0, 0.05) is 11.6 Å². The van der Waals surface area contributed by atoms with Crippen molar-refractivity contribution < 1.29 is 4.55 Å². The topological polar surface area (TPSA) is 61.7 Å². The Balaban J connectivity index is 1.92. The Morgan fingerprint density at radius 2 is 2.37 bits per heavy atom. The molecule has 2 aromatic heterocycles. The summed E-state index contributed by atoms with van der Waals surface area (Å²) in [5, 5.41) is 3.10. The van der Waals surface area contributed by atoms with Crippen LogP contribution in [0, 0.1) is 5.51 Å². The number of hydrogen-bond acceptors (Lipinski definition) is 6. The molecule has 0 fully saturated rings. The first-order valence-corrected chi connectivity index (χ1v) is 9.27. The Morgan fingerprint density at radius 1 is 1.47 bits per heavy atom. The molecular weight excluding hydrogens is 298 g/mol. The fourth-order valence-electron chi connectivity index (χ4n) is 1.34. The standard InChI is InChI=1S/C12H14N3OS3/c1-2-3-6-19(16)9-18-12-13-5-4-10(15-12)11-7-17-8-14-11/h4-5,7H,2-3,6,9H2,1H3. The van der Waals surface area contributed by atoms with Crippen LogP contribution in [-0.4, -0.2) is 30.3 Å². The third-order valence-corrected chi connectivity index (χ3v) is 5.59. The van der Waals surface area contributed by atoms with Crippen LogP contribution in [0.5, 0.6) is 0 Å². The molecule has 101 valence electrons. The van der Waals surface area contributed by atoms with Gasteiger partial charge in [0.25, 0.3) is 0 Å². The number of rotatable bonds is 7. The number of aromatic nitrogens is 3. The summed E-state index contributed by atoms with van der Waals surface area (Å²) in [4.78, 5) is 12.7. The minimum Gasteiger partial charge on any atom is -0.616 e. The van der Waals surface area contributed by atoms with E-state index in [4.69, 9.17) is 0 Å². The molecule has 0 bridgehead atoms. The van der Waals surface area contributed by atoms with Gasteiger partial charge in [-0.05, 0) is 35.4 Å². The molecule has 0 aliphatic rings. The molecule has 0 spiro atoms. The van der Waals surface area contributed by atoms with Crippen LogP contribution in [0.4, 0.5) is 0 Å². The summed E-state index contributed by atoms with van der Waals surface area (Å²) in [6.07, 6.45) is 3.78. The van der Waals surface area contributed by atoms with Crippen LogP contribution in [0.2, 0.25) is 0 Å². The minimum atomic E-state index is -0.800. The summed E-state index contributed by atoms with van der Waals surface area (Å²) >= 11 is 2.05. The quantitative estimate of drug-likeness (QED) is 0.447. The minimum absolute atomic E-state index is 0.548. The normalized spacial score (nSPS) is 12.5. The van der Waals surface area contributed by atoms with Crippen molar-refractivity contribution in [1.82, 2.24) is 15.0 Å².